The number of hydrogen-bond acceptors (Lipinski definition) is 14. The Bertz CT molecular complexity index is 1710. The normalized spacial score (nSPS) is 24.4. The van der Waals surface area contributed by atoms with Crippen LogP contribution < -0.4 is 0 Å². The van der Waals surface area contributed by atoms with Crippen LogP contribution in [0.25, 0.3) is 0 Å². The first-order valence-corrected chi connectivity index (χ1v) is 31.8. The minimum atomic E-state index is -1.71. The van der Waals surface area contributed by atoms with Crippen molar-refractivity contribution in [3.63, 3.8) is 0 Å². The lowest BCUT2D eigenvalue weighted by Gasteiger charge is -2.42. The molecule has 14 heteroatoms. The summed E-state index contributed by atoms with van der Waals surface area (Å²) in [7, 11) is 0. The predicted molar refractivity (Wildman–Crippen MR) is 325 cm³/mol. The van der Waals surface area contributed by atoms with Gasteiger partial charge in [-0.3, -0.25) is 4.79 Å². The number of esters is 1. The van der Waals surface area contributed by atoms with E-state index in [1.165, 1.54) is 96.3 Å². The molecular formula is C67H114O14. The minimum absolute atomic E-state index is 0.0525. The lowest BCUT2D eigenvalue weighted by Crippen LogP contribution is -2.61. The maximum absolute atomic E-state index is 13.1. The minimum Gasteiger partial charge on any atom is -0.457 e. The molecule has 466 valence electrons. The van der Waals surface area contributed by atoms with Gasteiger partial charge in [0.15, 0.2) is 12.6 Å². The maximum Gasteiger partial charge on any atom is 0.306 e. The third-order valence-electron chi connectivity index (χ3n) is 14.6. The van der Waals surface area contributed by atoms with E-state index in [0.29, 0.717) is 13.0 Å². The van der Waals surface area contributed by atoms with Crippen molar-refractivity contribution in [3.8, 4) is 0 Å². The summed E-state index contributed by atoms with van der Waals surface area (Å²) in [6.07, 6.45) is 54.6. The summed E-state index contributed by atoms with van der Waals surface area (Å²) in [5.74, 6) is -0.386. The van der Waals surface area contributed by atoms with Gasteiger partial charge in [-0.05, 0) is 89.9 Å². The van der Waals surface area contributed by atoms with Crippen LogP contribution >= 0.6 is 0 Å². The molecular weight excluding hydrogens is 1030 g/mol. The van der Waals surface area contributed by atoms with Crippen molar-refractivity contribution in [2.45, 2.75) is 287 Å². The molecule has 2 fully saturated rings. The lowest BCUT2D eigenvalue weighted by molar-refractivity contribution is -0.332. The summed E-state index contributed by atoms with van der Waals surface area (Å²) < 4.78 is 34.5. The highest BCUT2D eigenvalue weighted by Crippen LogP contribution is 2.27. The van der Waals surface area contributed by atoms with Gasteiger partial charge in [0.05, 0.1) is 26.4 Å². The van der Waals surface area contributed by atoms with E-state index in [2.05, 4.69) is 111 Å². The molecule has 2 saturated heterocycles. The highest BCUT2D eigenvalue weighted by atomic mass is 16.7. The Morgan fingerprint density at radius 1 is 0.407 bits per heavy atom. The molecule has 14 nitrogen and oxygen atoms in total. The van der Waals surface area contributed by atoms with Crippen molar-refractivity contribution < 1.29 is 69.0 Å². The lowest BCUT2D eigenvalue weighted by atomic mass is 9.98. The topological polar surface area (TPSA) is 214 Å². The Morgan fingerprint density at radius 2 is 0.765 bits per heavy atom. The van der Waals surface area contributed by atoms with Crippen LogP contribution in [0.2, 0.25) is 0 Å². The molecule has 0 aliphatic carbocycles. The summed E-state index contributed by atoms with van der Waals surface area (Å²) in [6.45, 7) is 3.46. The molecule has 0 aromatic carbocycles. The van der Waals surface area contributed by atoms with E-state index in [-0.39, 0.29) is 25.6 Å². The zero-order valence-corrected chi connectivity index (χ0v) is 50.2. The molecule has 11 unspecified atom stereocenters. The number of aliphatic hydroxyl groups is 7. The molecule has 7 N–H and O–H groups in total. The highest BCUT2D eigenvalue weighted by Gasteiger charge is 2.47. The number of hydrogen-bond donors (Lipinski definition) is 7. The molecule has 0 aromatic heterocycles. The monoisotopic (exact) mass is 1140 g/mol. The summed E-state index contributed by atoms with van der Waals surface area (Å²) >= 11 is 0. The van der Waals surface area contributed by atoms with Crippen molar-refractivity contribution in [2.24, 2.45) is 0 Å². The number of carbonyl (C=O) groups excluding carboxylic acids is 1. The molecule has 2 heterocycles. The van der Waals surface area contributed by atoms with Gasteiger partial charge in [-0.1, -0.05) is 220 Å². The molecule has 2 rings (SSSR count). The van der Waals surface area contributed by atoms with Crippen molar-refractivity contribution in [1.82, 2.24) is 0 Å². The van der Waals surface area contributed by atoms with Crippen molar-refractivity contribution in [3.05, 3.63) is 97.2 Å². The van der Waals surface area contributed by atoms with Crippen LogP contribution in [0, 0.1) is 0 Å². The first-order valence-electron chi connectivity index (χ1n) is 31.8. The zero-order valence-electron chi connectivity index (χ0n) is 50.2. The SMILES string of the molecule is CC/C=C\C/C=C\C/C=C\C/C=C\CCCCCCCCCCCCCCCOCC(COC1OC(COC2OC(CO)C(O)C(O)C2O)C(O)C(O)C1O)OC(=O)CCCCCCCCCC/C=C\C/C=C\C/C=C\C/C=C\CC. The Hall–Kier alpha value is -3.09. The number of allylic oxidation sites excluding steroid dienone is 16. The number of carbonyl (C=O) groups is 1. The van der Waals surface area contributed by atoms with Crippen LogP contribution in [0.15, 0.2) is 97.2 Å². The van der Waals surface area contributed by atoms with E-state index >= 15 is 0 Å². The number of ether oxygens (including phenoxy) is 6. The maximum atomic E-state index is 13.1. The average molecular weight is 1140 g/mol. The molecule has 0 radical (unpaired) electrons. The summed E-state index contributed by atoms with van der Waals surface area (Å²) in [4.78, 5) is 13.1. The Morgan fingerprint density at radius 3 is 1.20 bits per heavy atom. The van der Waals surface area contributed by atoms with E-state index in [9.17, 15) is 40.5 Å². The van der Waals surface area contributed by atoms with E-state index in [1.54, 1.807) is 0 Å². The molecule has 2 aliphatic heterocycles. The average Bonchev–Trinajstić information content (AvgIpc) is 3.60. The standard InChI is InChI=1S/C67H114O14/c1-3-5-7-9-11-13-15-17-19-21-23-25-26-27-28-29-31-33-35-37-39-41-43-45-47-49-51-76-53-56(54-77-66-65(75)63(73)61(71)58(81-66)55-78-67-64(74)62(72)60(70)57(52-68)80-67)79-59(69)50-48-46-44-42-40-38-36-34-32-30-24-22-20-18-16-14-12-10-8-6-4-2/h5-8,11-14,17-20,23-25,30,56-58,60-68,70-75H,3-4,9-10,15-16,21-22,26-29,31-55H2,1-2H3/b7-5-,8-6-,13-11-,14-12-,19-17-,20-18-,25-23-,30-24-. The quantitative estimate of drug-likeness (QED) is 0.0172. The molecule has 11 atom stereocenters. The highest BCUT2D eigenvalue weighted by molar-refractivity contribution is 5.69. The number of rotatable bonds is 51. The fourth-order valence-electron chi connectivity index (χ4n) is 9.56. The van der Waals surface area contributed by atoms with Gasteiger partial charge in [0, 0.05) is 13.0 Å². The van der Waals surface area contributed by atoms with Crippen LogP contribution in [0.4, 0.5) is 0 Å². The zero-order chi connectivity index (χ0) is 58.6. The van der Waals surface area contributed by atoms with Gasteiger partial charge in [0.25, 0.3) is 0 Å². The largest absolute Gasteiger partial charge is 0.457 e. The Balaban J connectivity index is 1.67. The predicted octanol–water partition coefficient (Wildman–Crippen LogP) is 12.5. The van der Waals surface area contributed by atoms with Gasteiger partial charge in [0.2, 0.25) is 0 Å². The number of unbranched alkanes of at least 4 members (excludes halogenated alkanes) is 21. The summed E-state index contributed by atoms with van der Waals surface area (Å²) in [6, 6.07) is 0. The molecule has 2 aliphatic rings. The summed E-state index contributed by atoms with van der Waals surface area (Å²) in [5, 5.41) is 72.5. The van der Waals surface area contributed by atoms with E-state index < -0.39 is 80.7 Å². The molecule has 0 amide bonds. The molecule has 0 bridgehead atoms. The van der Waals surface area contributed by atoms with Gasteiger partial charge < -0.3 is 64.2 Å². The second-order valence-electron chi connectivity index (χ2n) is 21.8. The van der Waals surface area contributed by atoms with Crippen LogP contribution in [-0.4, -0.2) is 142 Å². The number of aliphatic hydroxyl groups excluding tert-OH is 7. The third kappa shape index (κ3) is 38.5. The third-order valence-corrected chi connectivity index (χ3v) is 14.6. The molecule has 0 aromatic rings. The van der Waals surface area contributed by atoms with Gasteiger partial charge in [-0.15, -0.1) is 0 Å². The van der Waals surface area contributed by atoms with Gasteiger partial charge >= 0.3 is 5.97 Å². The first-order chi connectivity index (χ1) is 39.6. The fraction of sp³-hybridized carbons (Fsp3) is 0.746. The summed E-state index contributed by atoms with van der Waals surface area (Å²) in [5.41, 5.74) is 0. The van der Waals surface area contributed by atoms with Gasteiger partial charge in [0.1, 0.15) is 54.9 Å². The second-order valence-corrected chi connectivity index (χ2v) is 21.8. The molecule has 81 heavy (non-hydrogen) atoms. The first kappa shape index (κ1) is 74.0. The van der Waals surface area contributed by atoms with E-state index in [4.69, 9.17) is 28.4 Å². The van der Waals surface area contributed by atoms with Crippen LogP contribution in [0.5, 0.6) is 0 Å². The van der Waals surface area contributed by atoms with E-state index in [1.807, 2.05) is 0 Å². The smallest absolute Gasteiger partial charge is 0.306 e. The van der Waals surface area contributed by atoms with Crippen LogP contribution in [0.3, 0.4) is 0 Å². The Labute approximate surface area is 490 Å². The van der Waals surface area contributed by atoms with Crippen molar-refractivity contribution in [1.29, 1.82) is 0 Å². The second kappa shape index (κ2) is 52.5. The molecule has 0 spiro atoms. The van der Waals surface area contributed by atoms with Gasteiger partial charge in [-0.25, -0.2) is 0 Å². The van der Waals surface area contributed by atoms with Crippen molar-refractivity contribution >= 4 is 5.97 Å². The van der Waals surface area contributed by atoms with Crippen LogP contribution in [0.1, 0.15) is 219 Å². The van der Waals surface area contributed by atoms with Gasteiger partial charge in [-0.2, -0.15) is 0 Å². The fourth-order valence-corrected chi connectivity index (χ4v) is 9.56. The van der Waals surface area contributed by atoms with E-state index in [0.717, 1.165) is 96.3 Å². The molecule has 0 saturated carbocycles. The van der Waals surface area contributed by atoms with Crippen LogP contribution in [-0.2, 0) is 33.2 Å². The van der Waals surface area contributed by atoms with Crippen molar-refractivity contribution in [2.75, 3.05) is 33.0 Å². The Kier molecular flexibility index (Phi) is 47.9.